The van der Waals surface area contributed by atoms with E-state index in [-0.39, 0.29) is 6.04 Å². The van der Waals surface area contributed by atoms with E-state index in [1.165, 1.54) is 18.4 Å². The van der Waals surface area contributed by atoms with Crippen molar-refractivity contribution in [3.63, 3.8) is 0 Å². The number of imidazole rings is 1. The van der Waals surface area contributed by atoms with Crippen molar-refractivity contribution in [3.8, 4) is 0 Å². The summed E-state index contributed by atoms with van der Waals surface area (Å²) >= 11 is 0. The highest BCUT2D eigenvalue weighted by atomic mass is 16.6. The van der Waals surface area contributed by atoms with Gasteiger partial charge < -0.3 is 29.6 Å². The van der Waals surface area contributed by atoms with E-state index in [1.54, 1.807) is 0 Å². The first-order valence-corrected chi connectivity index (χ1v) is 10.2. The van der Waals surface area contributed by atoms with Gasteiger partial charge in [-0.1, -0.05) is 0 Å². The smallest absolute Gasteiger partial charge is 0.408 e. The van der Waals surface area contributed by atoms with Gasteiger partial charge >= 0.3 is 6.09 Å². The third kappa shape index (κ3) is 4.64. The average Bonchev–Trinajstić information content (AvgIpc) is 3.34. The van der Waals surface area contributed by atoms with Gasteiger partial charge in [0.2, 0.25) is 0 Å². The van der Waals surface area contributed by atoms with E-state index in [9.17, 15) is 9.90 Å². The topological polar surface area (TPSA) is 97.1 Å². The van der Waals surface area contributed by atoms with Crippen LogP contribution < -0.4 is 10.6 Å². The number of rotatable bonds is 6. The van der Waals surface area contributed by atoms with Crippen molar-refractivity contribution in [2.75, 3.05) is 25.1 Å². The van der Waals surface area contributed by atoms with Crippen molar-refractivity contribution in [1.82, 2.24) is 14.7 Å². The summed E-state index contributed by atoms with van der Waals surface area (Å²) in [4.78, 5) is 16.9. The number of carbonyl (C=O) groups is 1. The molecule has 8 heteroatoms. The number of amides is 1. The second kappa shape index (κ2) is 7.18. The summed E-state index contributed by atoms with van der Waals surface area (Å²) < 4.78 is 12.5. The van der Waals surface area contributed by atoms with Crippen LogP contribution in [0.3, 0.4) is 0 Å². The highest BCUT2D eigenvalue weighted by Crippen LogP contribution is 2.41. The maximum atomic E-state index is 12.1. The Morgan fingerprint density at radius 2 is 2.14 bits per heavy atom. The Morgan fingerprint density at radius 1 is 1.41 bits per heavy atom. The molecule has 3 heterocycles. The maximum absolute atomic E-state index is 12.1. The number of ether oxygens (including phenoxy) is 2. The number of hydrogen-bond acceptors (Lipinski definition) is 6. The Morgan fingerprint density at radius 3 is 2.72 bits per heavy atom. The van der Waals surface area contributed by atoms with E-state index >= 15 is 0 Å². The van der Waals surface area contributed by atoms with Crippen molar-refractivity contribution < 1.29 is 19.4 Å². The lowest BCUT2D eigenvalue weighted by Crippen LogP contribution is -2.54. The Bertz CT molecular complexity index is 909. The highest BCUT2D eigenvalue weighted by molar-refractivity contribution is 5.71. The molecule has 0 spiro atoms. The molecular formula is C21H30N4O4. The number of nitrogens with zero attached hydrogens (tertiary/aromatic N) is 2. The molecule has 1 atom stereocenters. The fourth-order valence-corrected chi connectivity index (χ4v) is 3.38. The largest absolute Gasteiger partial charge is 0.444 e. The van der Waals surface area contributed by atoms with Crippen LogP contribution in [0.1, 0.15) is 63.8 Å². The number of aromatic nitrogens is 2. The third-order valence-electron chi connectivity index (χ3n) is 5.17. The molecule has 1 aliphatic carbocycles. The zero-order chi connectivity index (χ0) is 20.8. The Kier molecular flexibility index (Phi) is 4.94. The van der Waals surface area contributed by atoms with Crippen LogP contribution in [0.15, 0.2) is 18.5 Å². The normalized spacial score (nSPS) is 19.5. The van der Waals surface area contributed by atoms with Gasteiger partial charge in [0.1, 0.15) is 11.2 Å². The van der Waals surface area contributed by atoms with Gasteiger partial charge in [0, 0.05) is 18.9 Å². The minimum absolute atomic E-state index is 0.300. The molecule has 2 aromatic rings. The van der Waals surface area contributed by atoms with Crippen LogP contribution in [0.2, 0.25) is 0 Å². The first-order valence-electron chi connectivity index (χ1n) is 10.2. The van der Waals surface area contributed by atoms with Gasteiger partial charge in [0.05, 0.1) is 30.6 Å². The van der Waals surface area contributed by atoms with E-state index < -0.39 is 17.3 Å². The first kappa shape index (κ1) is 20.0. The Balaban J connectivity index is 1.56. The molecule has 3 N–H and O–H groups in total. The molecular weight excluding hydrogens is 372 g/mol. The molecule has 0 aromatic carbocycles. The predicted molar refractivity (Wildman–Crippen MR) is 109 cm³/mol. The maximum Gasteiger partial charge on any atom is 0.408 e. The minimum atomic E-state index is -0.826. The van der Waals surface area contributed by atoms with Gasteiger partial charge in [-0.25, -0.2) is 9.78 Å². The molecule has 0 radical (unpaired) electrons. The number of carbonyl (C=O) groups excluding carboxylic acids is 1. The van der Waals surface area contributed by atoms with Crippen LogP contribution in [0.5, 0.6) is 0 Å². The van der Waals surface area contributed by atoms with Crippen LogP contribution in [-0.4, -0.2) is 51.5 Å². The molecule has 2 aliphatic rings. The van der Waals surface area contributed by atoms with Crippen LogP contribution in [0, 0.1) is 0 Å². The summed E-state index contributed by atoms with van der Waals surface area (Å²) in [6.45, 7) is 8.48. The van der Waals surface area contributed by atoms with Crippen molar-refractivity contribution in [1.29, 1.82) is 0 Å². The molecule has 1 saturated heterocycles. The van der Waals surface area contributed by atoms with E-state index in [2.05, 4.69) is 22.9 Å². The van der Waals surface area contributed by atoms with Gasteiger partial charge in [-0.3, -0.25) is 0 Å². The van der Waals surface area contributed by atoms with Crippen LogP contribution in [0.25, 0.3) is 5.65 Å². The highest BCUT2D eigenvalue weighted by Gasteiger charge is 2.36. The van der Waals surface area contributed by atoms with Crippen LogP contribution in [-0.2, 0) is 9.47 Å². The van der Waals surface area contributed by atoms with Crippen molar-refractivity contribution in [2.24, 2.45) is 0 Å². The fourth-order valence-electron chi connectivity index (χ4n) is 3.38. The Labute approximate surface area is 170 Å². The number of fused-ring (bicyclic) bond motifs is 1. The van der Waals surface area contributed by atoms with Gasteiger partial charge in [-0.05, 0) is 58.1 Å². The zero-order valence-electron chi connectivity index (χ0n) is 17.5. The number of hydrogen-bond donors (Lipinski definition) is 3. The fraction of sp³-hybridized carbons (Fsp3) is 0.619. The molecule has 0 unspecified atom stereocenters. The van der Waals surface area contributed by atoms with Gasteiger partial charge in [0.25, 0.3) is 0 Å². The summed E-state index contributed by atoms with van der Waals surface area (Å²) in [6.07, 6.45) is 5.97. The third-order valence-corrected chi connectivity index (χ3v) is 5.17. The van der Waals surface area contributed by atoms with Gasteiger partial charge in [-0.15, -0.1) is 0 Å². The zero-order valence-corrected chi connectivity index (χ0v) is 17.5. The molecule has 4 rings (SSSR count). The predicted octanol–water partition coefficient (Wildman–Crippen LogP) is 2.97. The monoisotopic (exact) mass is 402 g/mol. The second-order valence-electron chi connectivity index (χ2n) is 9.30. The summed E-state index contributed by atoms with van der Waals surface area (Å²) in [6, 6.07) is 1.82. The number of alkyl carbamates (subject to hydrolysis) is 1. The summed E-state index contributed by atoms with van der Waals surface area (Å²) in [7, 11) is 0. The number of nitrogens with one attached hydrogen (secondary N) is 2. The van der Waals surface area contributed by atoms with Crippen molar-refractivity contribution in [3.05, 3.63) is 29.7 Å². The minimum Gasteiger partial charge on any atom is -0.444 e. The molecule has 1 aliphatic heterocycles. The standard InChI is InChI=1S/C21H30N4O4/c1-13(23-19(26)29-20(2,3)4)17-9-25-8-15(14-5-6-14)7-16(18(25)24-17)22-10-21(27)11-28-12-21/h7-9,13-14,22,27H,5-6,10-12H2,1-4H3,(H,23,26)/t13-/m1/s1. The molecule has 29 heavy (non-hydrogen) atoms. The molecule has 8 nitrogen and oxygen atoms in total. The van der Waals surface area contributed by atoms with Crippen LogP contribution >= 0.6 is 0 Å². The molecule has 2 aromatic heterocycles. The van der Waals surface area contributed by atoms with Gasteiger partial charge in [0.15, 0.2) is 5.65 Å². The second-order valence-corrected chi connectivity index (χ2v) is 9.30. The lowest BCUT2D eigenvalue weighted by molar-refractivity contribution is -0.168. The van der Waals surface area contributed by atoms with Crippen LogP contribution in [0.4, 0.5) is 10.5 Å². The lowest BCUT2D eigenvalue weighted by Gasteiger charge is -2.36. The SMILES string of the molecule is C[C@@H](NC(=O)OC(C)(C)C)c1cn2cc(C3CC3)cc(NCC3(O)COC3)c2n1. The number of aliphatic hydroxyl groups is 1. The summed E-state index contributed by atoms with van der Waals surface area (Å²) in [5.41, 5.74) is 2.28. The van der Waals surface area contributed by atoms with E-state index in [1.807, 2.05) is 38.3 Å². The Hall–Kier alpha value is -2.32. The number of anilines is 1. The summed E-state index contributed by atoms with van der Waals surface area (Å²) in [5, 5.41) is 16.5. The molecule has 0 bridgehead atoms. The van der Waals surface area contributed by atoms with Crippen molar-refractivity contribution in [2.45, 2.75) is 63.7 Å². The van der Waals surface area contributed by atoms with Crippen molar-refractivity contribution >= 4 is 17.4 Å². The molecule has 1 saturated carbocycles. The van der Waals surface area contributed by atoms with E-state index in [4.69, 9.17) is 14.5 Å². The first-order chi connectivity index (χ1) is 13.6. The molecule has 158 valence electrons. The summed E-state index contributed by atoms with van der Waals surface area (Å²) in [5.74, 6) is 0.582. The molecule has 1 amide bonds. The lowest BCUT2D eigenvalue weighted by atomic mass is 10.0. The molecule has 2 fully saturated rings. The van der Waals surface area contributed by atoms with Gasteiger partial charge in [-0.2, -0.15) is 0 Å². The number of pyridine rings is 1. The quantitative estimate of drug-likeness (QED) is 0.687. The van der Waals surface area contributed by atoms with E-state index in [0.717, 1.165) is 17.0 Å². The van der Waals surface area contributed by atoms with E-state index in [0.29, 0.717) is 25.7 Å². The average molecular weight is 402 g/mol.